The van der Waals surface area contributed by atoms with Gasteiger partial charge in [-0.25, -0.2) is 8.78 Å². The zero-order valence-electron chi connectivity index (χ0n) is 7.82. The number of fused-ring (bicyclic) bond motifs is 1. The van der Waals surface area contributed by atoms with Crippen LogP contribution >= 0.6 is 0 Å². The van der Waals surface area contributed by atoms with Gasteiger partial charge in [-0.15, -0.1) is 10.2 Å². The molecule has 5 nitrogen and oxygen atoms in total. The van der Waals surface area contributed by atoms with Crippen molar-refractivity contribution in [1.29, 1.82) is 0 Å². The Labute approximate surface area is 83.5 Å². The molecule has 0 aliphatic heterocycles. The van der Waals surface area contributed by atoms with E-state index >= 15 is 0 Å². The fourth-order valence-electron chi connectivity index (χ4n) is 1.30. The molecule has 15 heavy (non-hydrogen) atoms. The van der Waals surface area contributed by atoms with Gasteiger partial charge in [-0.2, -0.15) is 0 Å². The number of anilines is 1. The van der Waals surface area contributed by atoms with Crippen molar-refractivity contribution in [2.75, 3.05) is 12.8 Å². The first-order valence-electron chi connectivity index (χ1n) is 4.09. The fraction of sp³-hybridized carbons (Fsp3) is 0.250. The molecular formula is C8H8F2N4O. The Balaban J connectivity index is 2.75. The molecule has 2 aromatic rings. The van der Waals surface area contributed by atoms with Gasteiger partial charge in [0.05, 0.1) is 12.8 Å². The largest absolute Gasteiger partial charge is 0.493 e. The fourth-order valence-corrected chi connectivity index (χ4v) is 1.30. The van der Waals surface area contributed by atoms with Crippen LogP contribution in [0.15, 0.2) is 12.3 Å². The third kappa shape index (κ3) is 1.45. The molecule has 0 radical (unpaired) electrons. The second-order valence-electron chi connectivity index (χ2n) is 2.89. The molecule has 80 valence electrons. The van der Waals surface area contributed by atoms with E-state index in [1.807, 2.05) is 0 Å². The molecule has 0 bridgehead atoms. The quantitative estimate of drug-likeness (QED) is 0.817. The minimum atomic E-state index is -2.70. The van der Waals surface area contributed by atoms with Crippen LogP contribution in [0.1, 0.15) is 12.2 Å². The molecule has 7 heteroatoms. The Kier molecular flexibility index (Phi) is 2.14. The minimum Gasteiger partial charge on any atom is -0.493 e. The predicted molar refractivity (Wildman–Crippen MR) is 48.9 cm³/mol. The second kappa shape index (κ2) is 3.34. The highest BCUT2D eigenvalue weighted by Crippen LogP contribution is 2.25. The van der Waals surface area contributed by atoms with Crippen molar-refractivity contribution < 1.29 is 13.5 Å². The lowest BCUT2D eigenvalue weighted by atomic mass is 10.4. The van der Waals surface area contributed by atoms with Gasteiger partial charge in [0.25, 0.3) is 6.43 Å². The Bertz CT molecular complexity index is 497. The number of halogens is 2. The number of alkyl halides is 2. The number of hydrogen-bond donors (Lipinski definition) is 1. The van der Waals surface area contributed by atoms with Gasteiger partial charge in [-0.3, -0.25) is 4.40 Å². The molecule has 0 spiro atoms. The normalized spacial score (nSPS) is 11.2. The third-order valence-corrected chi connectivity index (χ3v) is 1.93. The van der Waals surface area contributed by atoms with E-state index in [0.29, 0.717) is 11.4 Å². The zero-order valence-corrected chi connectivity index (χ0v) is 7.82. The lowest BCUT2D eigenvalue weighted by Crippen LogP contribution is -1.99. The summed E-state index contributed by atoms with van der Waals surface area (Å²) in [6.45, 7) is 0. The van der Waals surface area contributed by atoms with Gasteiger partial charge in [-0.05, 0) is 0 Å². The van der Waals surface area contributed by atoms with Gasteiger partial charge in [0.15, 0.2) is 5.75 Å². The van der Waals surface area contributed by atoms with Crippen molar-refractivity contribution in [2.24, 2.45) is 0 Å². The molecule has 0 aromatic carbocycles. The van der Waals surface area contributed by atoms with Gasteiger partial charge in [0.1, 0.15) is 0 Å². The molecule has 2 rings (SSSR count). The maximum absolute atomic E-state index is 12.5. The van der Waals surface area contributed by atoms with E-state index in [9.17, 15) is 8.78 Å². The Morgan fingerprint density at radius 1 is 1.47 bits per heavy atom. The van der Waals surface area contributed by atoms with Gasteiger partial charge >= 0.3 is 0 Å². The number of methoxy groups -OCH3 is 1. The van der Waals surface area contributed by atoms with E-state index in [1.165, 1.54) is 19.4 Å². The monoisotopic (exact) mass is 214 g/mol. The summed E-state index contributed by atoms with van der Waals surface area (Å²) in [5.74, 6) is -0.134. The summed E-state index contributed by atoms with van der Waals surface area (Å²) in [4.78, 5) is 0. The van der Waals surface area contributed by atoms with Gasteiger partial charge in [0, 0.05) is 12.3 Å². The smallest absolute Gasteiger partial charge is 0.297 e. The standard InChI is InChI=1S/C8H8F2N4O/c1-15-5-2-4(11)3-14-7(5)12-13-8(14)6(9)10/h2-3,6H,11H2,1H3. The van der Waals surface area contributed by atoms with Crippen LogP contribution in [0.4, 0.5) is 14.5 Å². The van der Waals surface area contributed by atoms with Crippen molar-refractivity contribution in [3.05, 3.63) is 18.1 Å². The number of rotatable bonds is 2. The Hall–Kier alpha value is -1.92. The minimum absolute atomic E-state index is 0.224. The average molecular weight is 214 g/mol. The molecule has 0 saturated heterocycles. The van der Waals surface area contributed by atoms with Crippen molar-refractivity contribution in [2.45, 2.75) is 6.43 Å². The highest BCUT2D eigenvalue weighted by atomic mass is 19.3. The number of hydrogen-bond acceptors (Lipinski definition) is 4. The molecule has 0 amide bonds. The summed E-state index contributed by atoms with van der Waals surface area (Å²) < 4.78 is 31.1. The van der Waals surface area contributed by atoms with Crippen molar-refractivity contribution in [3.8, 4) is 5.75 Å². The van der Waals surface area contributed by atoms with E-state index in [1.54, 1.807) is 0 Å². The summed E-state index contributed by atoms with van der Waals surface area (Å²) in [6.07, 6.45) is -1.37. The second-order valence-corrected chi connectivity index (χ2v) is 2.89. The highest BCUT2D eigenvalue weighted by Gasteiger charge is 2.18. The highest BCUT2D eigenvalue weighted by molar-refractivity contribution is 5.59. The van der Waals surface area contributed by atoms with Crippen LogP contribution in [-0.4, -0.2) is 21.7 Å². The van der Waals surface area contributed by atoms with Gasteiger partial charge in [0.2, 0.25) is 11.5 Å². The summed E-state index contributed by atoms with van der Waals surface area (Å²) in [7, 11) is 1.41. The van der Waals surface area contributed by atoms with E-state index in [2.05, 4.69) is 10.2 Å². The number of pyridine rings is 1. The molecule has 0 fully saturated rings. The van der Waals surface area contributed by atoms with Crippen molar-refractivity contribution in [3.63, 3.8) is 0 Å². The van der Waals surface area contributed by atoms with Gasteiger partial charge < -0.3 is 10.5 Å². The van der Waals surface area contributed by atoms with Crippen LogP contribution in [0.3, 0.4) is 0 Å². The summed E-state index contributed by atoms with van der Waals surface area (Å²) >= 11 is 0. The molecule has 0 aliphatic rings. The average Bonchev–Trinajstić information content (AvgIpc) is 2.59. The van der Waals surface area contributed by atoms with Crippen LogP contribution in [-0.2, 0) is 0 Å². The van der Waals surface area contributed by atoms with E-state index < -0.39 is 12.2 Å². The SMILES string of the molecule is COc1cc(N)cn2c(C(F)F)nnc12. The first-order chi connectivity index (χ1) is 7.13. The molecule has 2 aromatic heterocycles. The Morgan fingerprint density at radius 2 is 2.20 bits per heavy atom. The van der Waals surface area contributed by atoms with Crippen LogP contribution in [0.5, 0.6) is 5.75 Å². The van der Waals surface area contributed by atoms with Crippen LogP contribution < -0.4 is 10.5 Å². The van der Waals surface area contributed by atoms with E-state index in [0.717, 1.165) is 4.40 Å². The maximum Gasteiger partial charge on any atom is 0.297 e. The van der Waals surface area contributed by atoms with Crippen molar-refractivity contribution >= 4 is 11.3 Å². The molecule has 2 heterocycles. The van der Waals surface area contributed by atoms with Crippen LogP contribution in [0.2, 0.25) is 0 Å². The first kappa shape index (κ1) is 9.63. The lowest BCUT2D eigenvalue weighted by molar-refractivity contribution is 0.139. The summed E-state index contributed by atoms with van der Waals surface area (Å²) in [6, 6.07) is 1.50. The lowest BCUT2D eigenvalue weighted by Gasteiger charge is -2.04. The van der Waals surface area contributed by atoms with Crippen LogP contribution in [0.25, 0.3) is 5.65 Å². The predicted octanol–water partition coefficient (Wildman–Crippen LogP) is 1.26. The van der Waals surface area contributed by atoms with E-state index in [-0.39, 0.29) is 5.65 Å². The van der Waals surface area contributed by atoms with E-state index in [4.69, 9.17) is 10.5 Å². The molecule has 0 saturated carbocycles. The number of nitrogens with two attached hydrogens (primary N) is 1. The third-order valence-electron chi connectivity index (χ3n) is 1.93. The first-order valence-corrected chi connectivity index (χ1v) is 4.09. The maximum atomic E-state index is 12.5. The number of nitrogens with zero attached hydrogens (tertiary/aromatic N) is 3. The zero-order chi connectivity index (χ0) is 11.0. The molecule has 0 aliphatic carbocycles. The number of aromatic nitrogens is 3. The van der Waals surface area contributed by atoms with Gasteiger partial charge in [-0.1, -0.05) is 0 Å². The Morgan fingerprint density at radius 3 is 2.80 bits per heavy atom. The molecule has 0 atom stereocenters. The summed E-state index contributed by atoms with van der Waals surface area (Å²) in [5, 5.41) is 6.98. The summed E-state index contributed by atoms with van der Waals surface area (Å²) in [5.41, 5.74) is 6.06. The van der Waals surface area contributed by atoms with Crippen molar-refractivity contribution in [1.82, 2.24) is 14.6 Å². The van der Waals surface area contributed by atoms with Crippen LogP contribution in [0, 0.1) is 0 Å². The molecular weight excluding hydrogens is 206 g/mol. The molecule has 0 unspecified atom stereocenters. The topological polar surface area (TPSA) is 65.4 Å². The number of ether oxygens (including phenoxy) is 1. The number of nitrogen functional groups attached to an aromatic ring is 1. The molecule has 2 N–H and O–H groups in total.